The van der Waals surface area contributed by atoms with E-state index < -0.39 is 12.1 Å². The number of allylic oxidation sites excluding steroid dienone is 2. The lowest BCUT2D eigenvalue weighted by Gasteiger charge is -2.22. The van der Waals surface area contributed by atoms with Crippen molar-refractivity contribution in [1.29, 1.82) is 0 Å². The normalized spacial score (nSPS) is 12.6. The summed E-state index contributed by atoms with van der Waals surface area (Å²) < 4.78 is 5.49. The molecule has 0 radical (unpaired) electrons. The molecule has 0 aromatic heterocycles. The lowest BCUT2D eigenvalue weighted by Crippen LogP contribution is -2.45. The predicted molar refractivity (Wildman–Crippen MR) is 297 cm³/mol. The number of carbonyl (C=O) groups excluding carboxylic acids is 2. The van der Waals surface area contributed by atoms with Gasteiger partial charge < -0.3 is 20.3 Å². The van der Waals surface area contributed by atoms with Gasteiger partial charge in [0.25, 0.3) is 0 Å². The maximum absolute atomic E-state index is 12.5. The molecule has 6 nitrogen and oxygen atoms in total. The first-order valence-electron chi connectivity index (χ1n) is 30.9. The summed E-state index contributed by atoms with van der Waals surface area (Å²) in [6, 6.07) is -0.545. The highest BCUT2D eigenvalue weighted by Crippen LogP contribution is 2.18. The van der Waals surface area contributed by atoms with Crippen LogP contribution in [0.4, 0.5) is 0 Å². The van der Waals surface area contributed by atoms with Crippen molar-refractivity contribution in [2.45, 2.75) is 360 Å². The third-order valence-corrected chi connectivity index (χ3v) is 14.6. The zero-order valence-corrected chi connectivity index (χ0v) is 46.1. The van der Waals surface area contributed by atoms with Crippen LogP contribution in [0.5, 0.6) is 0 Å². The van der Waals surface area contributed by atoms with Crippen LogP contribution in [0.1, 0.15) is 348 Å². The molecule has 0 aliphatic rings. The Morgan fingerprint density at radius 3 is 1.04 bits per heavy atom. The monoisotopic (exact) mass is 960 g/mol. The van der Waals surface area contributed by atoms with Crippen molar-refractivity contribution in [3.63, 3.8) is 0 Å². The van der Waals surface area contributed by atoms with Crippen molar-refractivity contribution in [2.75, 3.05) is 13.2 Å². The zero-order chi connectivity index (χ0) is 49.3. The number of aliphatic hydroxyl groups excluding tert-OH is 2. The van der Waals surface area contributed by atoms with Crippen molar-refractivity contribution in [3.8, 4) is 0 Å². The summed E-state index contributed by atoms with van der Waals surface area (Å²) in [6.07, 6.45) is 69.3. The van der Waals surface area contributed by atoms with Crippen LogP contribution in [0.2, 0.25) is 0 Å². The molecule has 0 aliphatic heterocycles. The van der Waals surface area contributed by atoms with Crippen LogP contribution in [-0.4, -0.2) is 47.4 Å². The maximum atomic E-state index is 12.5. The van der Waals surface area contributed by atoms with Crippen molar-refractivity contribution >= 4 is 11.9 Å². The number of aliphatic hydroxyl groups is 2. The molecule has 0 saturated carbocycles. The Morgan fingerprint density at radius 2 is 0.691 bits per heavy atom. The van der Waals surface area contributed by atoms with Gasteiger partial charge in [0.15, 0.2) is 0 Å². The van der Waals surface area contributed by atoms with Gasteiger partial charge in [-0.15, -0.1) is 0 Å². The molecule has 0 fully saturated rings. The molecule has 2 atom stereocenters. The van der Waals surface area contributed by atoms with Gasteiger partial charge in [-0.05, 0) is 51.4 Å². The maximum Gasteiger partial charge on any atom is 0.305 e. The average Bonchev–Trinajstić information content (AvgIpc) is 3.34. The number of ether oxygens (including phenoxy) is 1. The first-order valence-corrected chi connectivity index (χ1v) is 30.9. The highest BCUT2D eigenvalue weighted by atomic mass is 16.5. The van der Waals surface area contributed by atoms with E-state index in [4.69, 9.17) is 4.74 Å². The molecular formula is C62H121NO5. The Balaban J connectivity index is 3.39. The molecule has 0 saturated heterocycles. The van der Waals surface area contributed by atoms with E-state index in [-0.39, 0.29) is 18.5 Å². The molecule has 0 rings (SSSR count). The van der Waals surface area contributed by atoms with Gasteiger partial charge >= 0.3 is 5.97 Å². The van der Waals surface area contributed by atoms with Crippen LogP contribution < -0.4 is 5.32 Å². The summed E-state index contributed by atoms with van der Waals surface area (Å²) in [5.74, 6) is -0.0265. The summed E-state index contributed by atoms with van der Waals surface area (Å²) >= 11 is 0. The summed E-state index contributed by atoms with van der Waals surface area (Å²) in [4.78, 5) is 24.5. The third-order valence-electron chi connectivity index (χ3n) is 14.6. The standard InChI is InChI=1S/C62H121NO5/c1-3-5-7-9-11-13-15-17-27-32-36-40-44-48-52-56-62(67)68-57-53-49-45-41-37-33-29-26-24-22-20-19-21-23-25-28-31-35-39-43-47-51-55-61(66)63-59(58-64)60(65)54-50-46-42-38-34-30-18-16-14-12-10-8-6-4-2/h21,23,59-60,64-65H,3-20,22,24-58H2,1-2H3,(H,63,66)/b23-21-. The second-order valence-electron chi connectivity index (χ2n) is 21.4. The minimum absolute atomic E-state index is 0.0135. The molecule has 0 aromatic rings. The SMILES string of the molecule is CCCCCCCCCCCCCCCCCC(=O)OCCCCCCCCCCCCC/C=C\CCCCCCCCCC(=O)NC(CO)C(O)CCCCCCCCCCCCCCCC. The van der Waals surface area contributed by atoms with Crippen molar-refractivity contribution in [1.82, 2.24) is 5.32 Å². The first kappa shape index (κ1) is 66.6. The van der Waals surface area contributed by atoms with Gasteiger partial charge in [0.2, 0.25) is 5.91 Å². The molecule has 6 heteroatoms. The number of amides is 1. The number of carbonyl (C=O) groups is 2. The number of hydrogen-bond donors (Lipinski definition) is 3. The van der Waals surface area contributed by atoms with Gasteiger partial charge in [0, 0.05) is 12.8 Å². The van der Waals surface area contributed by atoms with Crippen molar-refractivity contribution < 1.29 is 24.5 Å². The molecule has 0 aliphatic carbocycles. The summed E-state index contributed by atoms with van der Waals surface area (Å²) in [5.41, 5.74) is 0. The van der Waals surface area contributed by atoms with Gasteiger partial charge in [-0.3, -0.25) is 9.59 Å². The predicted octanol–water partition coefficient (Wildman–Crippen LogP) is 19.2. The van der Waals surface area contributed by atoms with E-state index in [2.05, 4.69) is 31.3 Å². The minimum atomic E-state index is -0.667. The van der Waals surface area contributed by atoms with Crippen LogP contribution in [-0.2, 0) is 14.3 Å². The summed E-state index contributed by atoms with van der Waals surface area (Å²) in [5, 5.41) is 23.3. The van der Waals surface area contributed by atoms with Gasteiger partial charge in [0.05, 0.1) is 25.4 Å². The number of hydrogen-bond acceptors (Lipinski definition) is 5. The minimum Gasteiger partial charge on any atom is -0.466 e. The van der Waals surface area contributed by atoms with Crippen molar-refractivity contribution in [2.24, 2.45) is 0 Å². The average molecular weight is 961 g/mol. The van der Waals surface area contributed by atoms with E-state index in [1.54, 1.807) is 0 Å². The molecule has 0 spiro atoms. The van der Waals surface area contributed by atoms with E-state index in [9.17, 15) is 19.8 Å². The number of rotatable bonds is 58. The van der Waals surface area contributed by atoms with Gasteiger partial charge in [-0.25, -0.2) is 0 Å². The van der Waals surface area contributed by atoms with E-state index in [0.717, 1.165) is 38.5 Å². The third kappa shape index (κ3) is 53.9. The highest BCUT2D eigenvalue weighted by Gasteiger charge is 2.20. The molecule has 0 heterocycles. The molecule has 404 valence electrons. The Bertz CT molecular complexity index is 1020. The second-order valence-corrected chi connectivity index (χ2v) is 21.4. The number of esters is 1. The fourth-order valence-corrected chi connectivity index (χ4v) is 9.81. The van der Waals surface area contributed by atoms with E-state index in [1.807, 2.05) is 0 Å². The second kappa shape index (κ2) is 58.2. The molecule has 0 aromatic carbocycles. The number of unbranched alkanes of at least 4 members (excludes halogenated alkanes) is 45. The fraction of sp³-hybridized carbons (Fsp3) is 0.935. The van der Waals surface area contributed by atoms with E-state index >= 15 is 0 Å². The van der Waals surface area contributed by atoms with Gasteiger partial charge in [0.1, 0.15) is 0 Å². The highest BCUT2D eigenvalue weighted by molar-refractivity contribution is 5.76. The van der Waals surface area contributed by atoms with Crippen molar-refractivity contribution in [3.05, 3.63) is 12.2 Å². The molecule has 68 heavy (non-hydrogen) atoms. The first-order chi connectivity index (χ1) is 33.5. The Morgan fingerprint density at radius 1 is 0.397 bits per heavy atom. The van der Waals surface area contributed by atoms with E-state index in [1.165, 1.54) is 276 Å². The molecule has 3 N–H and O–H groups in total. The topological polar surface area (TPSA) is 95.9 Å². The quantitative estimate of drug-likeness (QED) is 0.0321. The van der Waals surface area contributed by atoms with Crippen LogP contribution >= 0.6 is 0 Å². The smallest absolute Gasteiger partial charge is 0.305 e. The lowest BCUT2D eigenvalue weighted by atomic mass is 10.0. The van der Waals surface area contributed by atoms with Crippen LogP contribution in [0.3, 0.4) is 0 Å². The van der Waals surface area contributed by atoms with Crippen LogP contribution in [0.15, 0.2) is 12.2 Å². The number of nitrogens with one attached hydrogen (secondary N) is 1. The lowest BCUT2D eigenvalue weighted by molar-refractivity contribution is -0.143. The van der Waals surface area contributed by atoms with E-state index in [0.29, 0.717) is 25.9 Å². The molecule has 0 bridgehead atoms. The largest absolute Gasteiger partial charge is 0.466 e. The Kier molecular flexibility index (Phi) is 57.0. The summed E-state index contributed by atoms with van der Waals surface area (Å²) in [7, 11) is 0. The Hall–Kier alpha value is -1.40. The summed E-state index contributed by atoms with van der Waals surface area (Å²) in [6.45, 7) is 4.97. The van der Waals surface area contributed by atoms with Gasteiger partial charge in [-0.2, -0.15) is 0 Å². The Labute approximate surface area is 425 Å². The van der Waals surface area contributed by atoms with Crippen LogP contribution in [0.25, 0.3) is 0 Å². The van der Waals surface area contributed by atoms with Crippen LogP contribution in [0, 0.1) is 0 Å². The molecule has 2 unspecified atom stereocenters. The molecular weight excluding hydrogens is 839 g/mol. The molecule has 1 amide bonds. The zero-order valence-electron chi connectivity index (χ0n) is 46.1. The van der Waals surface area contributed by atoms with Gasteiger partial charge in [-0.1, -0.05) is 296 Å². The fourth-order valence-electron chi connectivity index (χ4n) is 9.81.